The molecule has 0 bridgehead atoms. The molecule has 0 N–H and O–H groups in total. The van der Waals surface area contributed by atoms with Crippen molar-refractivity contribution in [1.29, 1.82) is 0 Å². The first-order valence-corrected chi connectivity index (χ1v) is 9.61. The van der Waals surface area contributed by atoms with Crippen LogP contribution in [0.1, 0.15) is 25.7 Å². The van der Waals surface area contributed by atoms with Crippen LogP contribution in [0.4, 0.5) is 0 Å². The predicted octanol–water partition coefficient (Wildman–Crippen LogP) is 4.95. The fourth-order valence-electron chi connectivity index (χ4n) is 2.08. The number of ketones is 1. The van der Waals surface area contributed by atoms with E-state index in [1.165, 1.54) is 11.8 Å². The maximum atomic E-state index is 12.1. The summed E-state index contributed by atoms with van der Waals surface area (Å²) >= 11 is 6.40. The average molecular weight is 413 g/mol. The van der Waals surface area contributed by atoms with Crippen LogP contribution in [0.5, 0.6) is 0 Å². The molecule has 1 aromatic heterocycles. The Morgan fingerprint density at radius 1 is 1.22 bits per heavy atom. The van der Waals surface area contributed by atoms with Gasteiger partial charge in [0.25, 0.3) is 0 Å². The Morgan fingerprint density at radius 3 is 2.57 bits per heavy atom. The topological polar surface area (TPSA) is 43.4 Å². The van der Waals surface area contributed by atoms with Crippen molar-refractivity contribution < 1.29 is 14.3 Å². The van der Waals surface area contributed by atoms with Crippen LogP contribution in [0, 0.1) is 20.8 Å². The van der Waals surface area contributed by atoms with E-state index in [2.05, 4.69) is 15.9 Å². The van der Waals surface area contributed by atoms with E-state index in [-0.39, 0.29) is 24.1 Å². The molecular formula is C17H17BrO3S2. The standard InChI is InChI=1S/C17H17BrO3S2/c1-10-6-13(18)4-5-16(10)22-9-17(20)21-8-15(19)14-7-11(2)23-12(14)3/h4-7H,8-9H2,1-3H3. The minimum atomic E-state index is -0.379. The van der Waals surface area contributed by atoms with E-state index in [0.29, 0.717) is 5.56 Å². The van der Waals surface area contributed by atoms with Gasteiger partial charge >= 0.3 is 5.97 Å². The predicted molar refractivity (Wildman–Crippen MR) is 98.7 cm³/mol. The Kier molecular flexibility index (Phi) is 6.44. The fraction of sp³-hybridized carbons (Fsp3) is 0.294. The molecule has 0 aliphatic rings. The molecule has 0 radical (unpaired) electrons. The number of rotatable bonds is 6. The second kappa shape index (κ2) is 8.13. The molecule has 0 aliphatic carbocycles. The van der Waals surface area contributed by atoms with E-state index < -0.39 is 0 Å². The van der Waals surface area contributed by atoms with Gasteiger partial charge in [-0.2, -0.15) is 0 Å². The Labute approximate surface area is 152 Å². The van der Waals surface area contributed by atoms with Gasteiger partial charge in [-0.05, 0) is 50.6 Å². The molecule has 6 heteroatoms. The normalized spacial score (nSPS) is 10.6. The van der Waals surface area contributed by atoms with E-state index in [4.69, 9.17) is 4.74 Å². The van der Waals surface area contributed by atoms with Crippen molar-refractivity contribution in [2.24, 2.45) is 0 Å². The Hall–Kier alpha value is -1.11. The van der Waals surface area contributed by atoms with Crippen LogP contribution in [0.2, 0.25) is 0 Å². The summed E-state index contributed by atoms with van der Waals surface area (Å²) in [5.74, 6) is -0.336. The van der Waals surface area contributed by atoms with Crippen LogP contribution in [-0.4, -0.2) is 24.1 Å². The molecule has 0 aliphatic heterocycles. The number of benzene rings is 1. The Morgan fingerprint density at radius 2 is 1.96 bits per heavy atom. The van der Waals surface area contributed by atoms with E-state index in [0.717, 1.165) is 24.7 Å². The van der Waals surface area contributed by atoms with Gasteiger partial charge in [-0.25, -0.2) is 0 Å². The highest BCUT2D eigenvalue weighted by Crippen LogP contribution is 2.25. The lowest BCUT2D eigenvalue weighted by molar-refractivity contribution is -0.139. The second-order valence-corrected chi connectivity index (χ2v) is 8.50. The molecule has 1 aromatic carbocycles. The summed E-state index contributed by atoms with van der Waals surface area (Å²) in [4.78, 5) is 27.0. The largest absolute Gasteiger partial charge is 0.457 e. The highest BCUT2D eigenvalue weighted by molar-refractivity contribution is 9.10. The zero-order chi connectivity index (χ0) is 17.0. The van der Waals surface area contributed by atoms with Gasteiger partial charge in [0.2, 0.25) is 5.78 Å². The number of carbonyl (C=O) groups is 2. The minimum absolute atomic E-state index is 0.148. The van der Waals surface area contributed by atoms with Crippen LogP contribution < -0.4 is 0 Å². The molecule has 3 nitrogen and oxygen atoms in total. The maximum absolute atomic E-state index is 12.1. The second-order valence-electron chi connectivity index (χ2n) is 5.11. The summed E-state index contributed by atoms with van der Waals surface area (Å²) in [5.41, 5.74) is 1.74. The van der Waals surface area contributed by atoms with E-state index in [1.54, 1.807) is 11.3 Å². The lowest BCUT2D eigenvalue weighted by atomic mass is 10.2. The van der Waals surface area contributed by atoms with Crippen molar-refractivity contribution in [3.05, 3.63) is 49.6 Å². The third-order valence-corrected chi connectivity index (χ3v) is 5.80. The molecule has 122 valence electrons. The van der Waals surface area contributed by atoms with E-state index >= 15 is 0 Å². The first-order chi connectivity index (χ1) is 10.9. The fourth-order valence-corrected chi connectivity index (χ4v) is 4.31. The third-order valence-electron chi connectivity index (χ3n) is 3.19. The zero-order valence-electron chi connectivity index (χ0n) is 13.1. The molecule has 2 aromatic rings. The molecule has 0 atom stereocenters. The summed E-state index contributed by atoms with van der Waals surface area (Å²) < 4.78 is 6.10. The molecule has 0 saturated heterocycles. The quantitative estimate of drug-likeness (QED) is 0.382. The number of thiophene rings is 1. The van der Waals surface area contributed by atoms with Gasteiger partial charge in [-0.1, -0.05) is 15.9 Å². The van der Waals surface area contributed by atoms with Crippen molar-refractivity contribution >= 4 is 50.8 Å². The SMILES string of the molecule is Cc1cc(C(=O)COC(=O)CSc2ccc(Br)cc2C)c(C)s1. The summed E-state index contributed by atoms with van der Waals surface area (Å²) in [5, 5.41) is 0. The lowest BCUT2D eigenvalue weighted by Crippen LogP contribution is -2.15. The van der Waals surface area contributed by atoms with Gasteiger partial charge in [0.05, 0.1) is 5.75 Å². The summed E-state index contributed by atoms with van der Waals surface area (Å²) in [6.07, 6.45) is 0. The van der Waals surface area contributed by atoms with Crippen LogP contribution >= 0.6 is 39.0 Å². The number of carbonyl (C=O) groups excluding carboxylic acids is 2. The first kappa shape index (κ1) is 18.2. The highest BCUT2D eigenvalue weighted by Gasteiger charge is 2.14. The van der Waals surface area contributed by atoms with Crippen molar-refractivity contribution in [1.82, 2.24) is 0 Å². The van der Waals surface area contributed by atoms with E-state index in [1.807, 2.05) is 45.0 Å². The molecule has 0 unspecified atom stereocenters. The van der Waals surface area contributed by atoms with E-state index in [9.17, 15) is 9.59 Å². The molecular weight excluding hydrogens is 396 g/mol. The van der Waals surface area contributed by atoms with Crippen molar-refractivity contribution in [2.75, 3.05) is 12.4 Å². The Bertz CT molecular complexity index is 737. The van der Waals surface area contributed by atoms with Gasteiger partial charge in [0.1, 0.15) is 0 Å². The molecule has 23 heavy (non-hydrogen) atoms. The first-order valence-electron chi connectivity index (χ1n) is 7.01. The number of hydrogen-bond acceptors (Lipinski definition) is 5. The number of ether oxygens (including phenoxy) is 1. The number of Topliss-reactive ketones (excluding diaryl/α,β-unsaturated/α-hetero) is 1. The third kappa shape index (κ3) is 5.19. The smallest absolute Gasteiger partial charge is 0.316 e. The number of halogens is 1. The Balaban J connectivity index is 1.83. The van der Waals surface area contributed by atoms with Crippen LogP contribution in [0.15, 0.2) is 33.6 Å². The molecule has 0 saturated carbocycles. The monoisotopic (exact) mass is 412 g/mol. The number of esters is 1. The molecule has 0 fully saturated rings. The summed E-state index contributed by atoms with van der Waals surface area (Å²) in [6, 6.07) is 7.74. The molecule has 0 spiro atoms. The van der Waals surface area contributed by atoms with Crippen LogP contribution in [-0.2, 0) is 9.53 Å². The number of aryl methyl sites for hydroxylation is 3. The minimum Gasteiger partial charge on any atom is -0.457 e. The maximum Gasteiger partial charge on any atom is 0.316 e. The summed E-state index contributed by atoms with van der Waals surface area (Å²) in [7, 11) is 0. The number of thioether (sulfide) groups is 1. The molecule has 2 rings (SSSR count). The van der Waals surface area contributed by atoms with Crippen LogP contribution in [0.3, 0.4) is 0 Å². The van der Waals surface area contributed by atoms with Gasteiger partial charge in [0, 0.05) is 24.7 Å². The lowest BCUT2D eigenvalue weighted by Gasteiger charge is -2.06. The summed E-state index contributed by atoms with van der Waals surface area (Å²) in [6.45, 7) is 5.65. The zero-order valence-corrected chi connectivity index (χ0v) is 16.4. The van der Waals surface area contributed by atoms with Crippen molar-refractivity contribution in [2.45, 2.75) is 25.7 Å². The van der Waals surface area contributed by atoms with Gasteiger partial charge in [-0.15, -0.1) is 23.1 Å². The van der Waals surface area contributed by atoms with Crippen molar-refractivity contribution in [3.8, 4) is 0 Å². The molecule has 1 heterocycles. The molecule has 0 amide bonds. The highest BCUT2D eigenvalue weighted by atomic mass is 79.9. The van der Waals surface area contributed by atoms with Gasteiger partial charge in [0.15, 0.2) is 6.61 Å². The van der Waals surface area contributed by atoms with Crippen molar-refractivity contribution in [3.63, 3.8) is 0 Å². The van der Waals surface area contributed by atoms with Crippen LogP contribution in [0.25, 0.3) is 0 Å². The van der Waals surface area contributed by atoms with Gasteiger partial charge in [-0.3, -0.25) is 9.59 Å². The average Bonchev–Trinajstić information content (AvgIpc) is 2.82. The van der Waals surface area contributed by atoms with Gasteiger partial charge < -0.3 is 4.74 Å². The number of hydrogen-bond donors (Lipinski definition) is 0.